The van der Waals surface area contributed by atoms with E-state index in [9.17, 15) is 0 Å². The fourth-order valence-corrected chi connectivity index (χ4v) is 9.07. The van der Waals surface area contributed by atoms with E-state index in [1.165, 1.54) is 21.9 Å². The Hall–Kier alpha value is -8.47. The Labute approximate surface area is 364 Å². The highest BCUT2D eigenvalue weighted by Gasteiger charge is 2.21. The molecule has 0 aliphatic carbocycles. The SMILES string of the molecule is c1ccc(-c2cccc(-c3nc(-c4cccc(-c5ccccc5)c4)nc(-c4cc5oc6c(-c7ccc(-c8cccc9ccccc89)cc7)cccc6c5c5ccccc45)n3)c2)cc1. The van der Waals surface area contributed by atoms with Crippen molar-refractivity contribution in [3.8, 4) is 78.7 Å². The number of hydrogen-bond donors (Lipinski definition) is 0. The van der Waals surface area contributed by atoms with Crippen LogP contribution in [-0.4, -0.2) is 15.0 Å². The Morgan fingerprint density at radius 1 is 0.270 bits per heavy atom. The predicted octanol–water partition coefficient (Wildman–Crippen LogP) is 15.7. The monoisotopic (exact) mass is 803 g/mol. The first-order chi connectivity index (χ1) is 31.2. The van der Waals surface area contributed by atoms with E-state index >= 15 is 0 Å². The van der Waals surface area contributed by atoms with Crippen molar-refractivity contribution in [3.63, 3.8) is 0 Å². The summed E-state index contributed by atoms with van der Waals surface area (Å²) in [6.45, 7) is 0. The smallest absolute Gasteiger partial charge is 0.164 e. The molecule has 0 unspecified atom stereocenters. The lowest BCUT2D eigenvalue weighted by molar-refractivity contribution is 0.670. The van der Waals surface area contributed by atoms with Crippen molar-refractivity contribution >= 4 is 43.5 Å². The standard InChI is InChI=1S/C59H37N3O/c1-3-15-38(16-4-1)43-21-11-23-45(35-43)57-60-58(46-24-12-22-44(36-46)39-17-5-2-6-18-39)62-59(61-57)53-37-54-55(51-27-10-9-26-50(51)53)52-30-14-29-49(56(52)63-54)42-33-31-41(32-34-42)48-28-13-20-40-19-7-8-25-47(40)48/h1-37H. The van der Waals surface area contributed by atoms with Crippen LogP contribution >= 0.6 is 0 Å². The third kappa shape index (κ3) is 6.53. The van der Waals surface area contributed by atoms with Gasteiger partial charge in [0.2, 0.25) is 0 Å². The molecule has 2 aromatic heterocycles. The molecule has 4 heteroatoms. The number of nitrogens with zero attached hydrogens (tertiary/aromatic N) is 3. The molecule has 0 spiro atoms. The molecule has 0 atom stereocenters. The summed E-state index contributed by atoms with van der Waals surface area (Å²) in [7, 11) is 0. The van der Waals surface area contributed by atoms with Gasteiger partial charge in [0.05, 0.1) is 0 Å². The molecule has 4 nitrogen and oxygen atoms in total. The van der Waals surface area contributed by atoms with Gasteiger partial charge in [-0.05, 0) is 78.7 Å². The number of rotatable bonds is 7. The van der Waals surface area contributed by atoms with Crippen molar-refractivity contribution < 1.29 is 4.42 Å². The van der Waals surface area contributed by atoms with Gasteiger partial charge in [-0.15, -0.1) is 0 Å². The molecule has 0 aliphatic heterocycles. The van der Waals surface area contributed by atoms with Gasteiger partial charge in [0, 0.05) is 33.0 Å². The number of para-hydroxylation sites is 1. The van der Waals surface area contributed by atoms with Gasteiger partial charge in [-0.3, -0.25) is 0 Å². The van der Waals surface area contributed by atoms with Crippen LogP contribution < -0.4 is 0 Å². The first kappa shape index (κ1) is 36.4. The Balaban J connectivity index is 1.03. The Morgan fingerprint density at radius 2 is 0.730 bits per heavy atom. The second-order valence-electron chi connectivity index (χ2n) is 15.9. The number of furan rings is 1. The predicted molar refractivity (Wildman–Crippen MR) is 260 cm³/mol. The van der Waals surface area contributed by atoms with Crippen LogP contribution in [0.1, 0.15) is 0 Å². The van der Waals surface area contributed by atoms with Crippen LogP contribution in [-0.2, 0) is 0 Å². The van der Waals surface area contributed by atoms with E-state index in [4.69, 9.17) is 19.4 Å². The lowest BCUT2D eigenvalue weighted by Crippen LogP contribution is -2.01. The zero-order chi connectivity index (χ0) is 41.7. The van der Waals surface area contributed by atoms with E-state index in [0.717, 1.165) is 82.8 Å². The molecular formula is C59H37N3O. The van der Waals surface area contributed by atoms with Crippen molar-refractivity contribution in [2.45, 2.75) is 0 Å². The summed E-state index contributed by atoms with van der Waals surface area (Å²) in [6.07, 6.45) is 0. The summed E-state index contributed by atoms with van der Waals surface area (Å²) in [6, 6.07) is 78.7. The maximum absolute atomic E-state index is 6.97. The first-order valence-corrected chi connectivity index (χ1v) is 21.3. The summed E-state index contributed by atoms with van der Waals surface area (Å²) >= 11 is 0. The van der Waals surface area contributed by atoms with Crippen LogP contribution in [0, 0.1) is 0 Å². The molecule has 0 aliphatic rings. The topological polar surface area (TPSA) is 51.8 Å². The Morgan fingerprint density at radius 3 is 1.40 bits per heavy atom. The van der Waals surface area contributed by atoms with Gasteiger partial charge in [-0.1, -0.05) is 206 Å². The number of fused-ring (bicyclic) bond motifs is 6. The fourth-order valence-electron chi connectivity index (χ4n) is 9.07. The normalized spacial score (nSPS) is 11.5. The molecule has 0 saturated heterocycles. The average molecular weight is 804 g/mol. The van der Waals surface area contributed by atoms with Crippen LogP contribution in [0.3, 0.4) is 0 Å². The second-order valence-corrected chi connectivity index (χ2v) is 15.9. The minimum Gasteiger partial charge on any atom is -0.455 e. The molecule has 0 N–H and O–H groups in total. The third-order valence-electron chi connectivity index (χ3n) is 12.1. The van der Waals surface area contributed by atoms with Crippen molar-refractivity contribution in [2.75, 3.05) is 0 Å². The van der Waals surface area contributed by atoms with Crippen LogP contribution in [0.15, 0.2) is 229 Å². The lowest BCUT2D eigenvalue weighted by atomic mass is 9.95. The van der Waals surface area contributed by atoms with Crippen molar-refractivity contribution in [1.82, 2.24) is 15.0 Å². The number of aromatic nitrogens is 3. The molecule has 0 saturated carbocycles. The van der Waals surface area contributed by atoms with E-state index in [-0.39, 0.29) is 0 Å². The fraction of sp³-hybridized carbons (Fsp3) is 0. The maximum Gasteiger partial charge on any atom is 0.164 e. The lowest BCUT2D eigenvalue weighted by Gasteiger charge is -2.12. The molecule has 2 heterocycles. The molecule has 294 valence electrons. The molecule has 10 aromatic carbocycles. The van der Waals surface area contributed by atoms with Crippen LogP contribution in [0.4, 0.5) is 0 Å². The number of hydrogen-bond acceptors (Lipinski definition) is 4. The molecule has 0 radical (unpaired) electrons. The summed E-state index contributed by atoms with van der Waals surface area (Å²) in [5.74, 6) is 1.77. The van der Waals surface area contributed by atoms with Crippen molar-refractivity contribution in [2.24, 2.45) is 0 Å². The average Bonchev–Trinajstić information content (AvgIpc) is 3.76. The highest BCUT2D eigenvalue weighted by molar-refractivity contribution is 6.23. The second kappa shape index (κ2) is 15.2. The maximum atomic E-state index is 6.97. The summed E-state index contributed by atoms with van der Waals surface area (Å²) < 4.78 is 6.97. The summed E-state index contributed by atoms with van der Waals surface area (Å²) in [4.78, 5) is 15.7. The molecule has 0 fully saturated rings. The molecule has 63 heavy (non-hydrogen) atoms. The van der Waals surface area contributed by atoms with Gasteiger partial charge < -0.3 is 4.42 Å². The van der Waals surface area contributed by atoms with Crippen molar-refractivity contribution in [1.29, 1.82) is 0 Å². The molecule has 0 bridgehead atoms. The zero-order valence-corrected chi connectivity index (χ0v) is 34.1. The third-order valence-corrected chi connectivity index (χ3v) is 12.1. The quantitative estimate of drug-likeness (QED) is 0.161. The molecule has 12 aromatic rings. The first-order valence-electron chi connectivity index (χ1n) is 21.3. The zero-order valence-electron chi connectivity index (χ0n) is 34.1. The number of benzene rings is 10. The van der Waals surface area contributed by atoms with E-state index < -0.39 is 0 Å². The molecule has 0 amide bonds. The van der Waals surface area contributed by atoms with Gasteiger partial charge in [0.1, 0.15) is 11.2 Å². The van der Waals surface area contributed by atoms with E-state index in [1.807, 2.05) is 12.1 Å². The Bertz CT molecular complexity index is 3560. The highest BCUT2D eigenvalue weighted by Crippen LogP contribution is 2.43. The minimum absolute atomic E-state index is 0.577. The van der Waals surface area contributed by atoms with Crippen LogP contribution in [0.2, 0.25) is 0 Å². The summed E-state index contributed by atoms with van der Waals surface area (Å²) in [5.41, 5.74) is 13.3. The van der Waals surface area contributed by atoms with Crippen LogP contribution in [0.5, 0.6) is 0 Å². The Kier molecular flexibility index (Phi) is 8.79. The molecule has 12 rings (SSSR count). The van der Waals surface area contributed by atoms with E-state index in [0.29, 0.717) is 17.5 Å². The van der Waals surface area contributed by atoms with Gasteiger partial charge in [-0.25, -0.2) is 15.0 Å². The van der Waals surface area contributed by atoms with Crippen molar-refractivity contribution in [3.05, 3.63) is 224 Å². The minimum atomic E-state index is 0.577. The van der Waals surface area contributed by atoms with E-state index in [1.54, 1.807) is 0 Å². The highest BCUT2D eigenvalue weighted by atomic mass is 16.3. The van der Waals surface area contributed by atoms with Gasteiger partial charge in [0.15, 0.2) is 17.5 Å². The van der Waals surface area contributed by atoms with Gasteiger partial charge >= 0.3 is 0 Å². The van der Waals surface area contributed by atoms with E-state index in [2.05, 4.69) is 212 Å². The largest absolute Gasteiger partial charge is 0.455 e. The molecular weight excluding hydrogens is 767 g/mol. The van der Waals surface area contributed by atoms with Gasteiger partial charge in [-0.2, -0.15) is 0 Å². The van der Waals surface area contributed by atoms with Gasteiger partial charge in [0.25, 0.3) is 0 Å². The summed E-state index contributed by atoms with van der Waals surface area (Å²) in [5, 5.41) is 6.73. The van der Waals surface area contributed by atoms with Crippen LogP contribution in [0.25, 0.3) is 122 Å².